The third-order valence-electron chi connectivity index (χ3n) is 4.83. The van der Waals surface area contributed by atoms with Crippen LogP contribution in [-0.2, 0) is 9.53 Å². The van der Waals surface area contributed by atoms with Crippen molar-refractivity contribution in [3.05, 3.63) is 98.2 Å². The van der Waals surface area contributed by atoms with Crippen molar-refractivity contribution in [1.82, 2.24) is 5.32 Å². The predicted molar refractivity (Wildman–Crippen MR) is 127 cm³/mol. The van der Waals surface area contributed by atoms with Crippen molar-refractivity contribution in [3.8, 4) is 5.75 Å². The average molecular weight is 527 g/mol. The van der Waals surface area contributed by atoms with Crippen molar-refractivity contribution in [2.75, 3.05) is 13.7 Å². The van der Waals surface area contributed by atoms with Gasteiger partial charge in [-0.25, -0.2) is 9.18 Å². The Kier molecular flexibility index (Phi) is 8.74. The zero-order valence-electron chi connectivity index (χ0n) is 17.7. The van der Waals surface area contributed by atoms with Crippen molar-refractivity contribution in [2.24, 2.45) is 0 Å². The highest BCUT2D eigenvalue weighted by Gasteiger charge is 2.24. The maximum Gasteiger partial charge on any atom is 0.330 e. The molecular formula is C24H19Cl3FNO5. The Labute approximate surface area is 210 Å². The third kappa shape index (κ3) is 6.18. The number of esters is 1. The molecule has 2 N–H and O–H groups in total. The molecule has 0 spiro atoms. The number of carbonyl (C=O) groups is 2. The standard InChI is InChI=1S/C24H19Cl3FNO5/c1-33-24(32)20(12-30)29-23(31)14-4-9-21(19(28)10-14)34-22(13-2-5-15(25)6-3-13)17-8-7-16(26)11-18(17)27/h2-11,20,22,30H,12H2,1H3,(H,29,31)/t20-,22?/m1/s1. The number of carbonyl (C=O) groups excluding carboxylic acids is 2. The molecule has 0 aliphatic heterocycles. The van der Waals surface area contributed by atoms with Crippen LogP contribution in [0.3, 0.4) is 0 Å². The summed E-state index contributed by atoms with van der Waals surface area (Å²) in [5.74, 6) is -2.57. The van der Waals surface area contributed by atoms with Crippen LogP contribution in [-0.4, -0.2) is 36.7 Å². The Morgan fingerprint density at radius 2 is 1.68 bits per heavy atom. The summed E-state index contributed by atoms with van der Waals surface area (Å²) in [6.45, 7) is -0.674. The van der Waals surface area contributed by atoms with Gasteiger partial charge in [-0.1, -0.05) is 53.0 Å². The van der Waals surface area contributed by atoms with Crippen LogP contribution in [0.5, 0.6) is 5.75 Å². The molecule has 2 atom stereocenters. The Balaban J connectivity index is 1.90. The van der Waals surface area contributed by atoms with Gasteiger partial charge in [0.15, 0.2) is 23.7 Å². The lowest BCUT2D eigenvalue weighted by molar-refractivity contribution is -0.143. The van der Waals surface area contributed by atoms with E-state index >= 15 is 0 Å². The third-order valence-corrected chi connectivity index (χ3v) is 5.64. The van der Waals surface area contributed by atoms with Crippen molar-refractivity contribution in [1.29, 1.82) is 0 Å². The van der Waals surface area contributed by atoms with Crippen LogP contribution < -0.4 is 10.1 Å². The lowest BCUT2D eigenvalue weighted by atomic mass is 10.0. The molecule has 0 radical (unpaired) electrons. The minimum Gasteiger partial charge on any atom is -0.478 e. The first-order valence-electron chi connectivity index (χ1n) is 9.89. The molecule has 0 aliphatic rings. The summed E-state index contributed by atoms with van der Waals surface area (Å²) in [4.78, 5) is 24.0. The molecule has 6 nitrogen and oxygen atoms in total. The van der Waals surface area contributed by atoms with Crippen LogP contribution in [0.25, 0.3) is 0 Å². The number of benzene rings is 3. The van der Waals surface area contributed by atoms with Crippen molar-refractivity contribution in [2.45, 2.75) is 12.1 Å². The number of nitrogens with one attached hydrogen (secondary N) is 1. The molecule has 0 saturated carbocycles. The number of hydrogen-bond donors (Lipinski definition) is 2. The highest BCUT2D eigenvalue weighted by molar-refractivity contribution is 6.35. The van der Waals surface area contributed by atoms with E-state index in [0.717, 1.165) is 13.2 Å². The summed E-state index contributed by atoms with van der Waals surface area (Å²) in [5.41, 5.74) is 1.11. The topological polar surface area (TPSA) is 84.9 Å². The zero-order valence-corrected chi connectivity index (χ0v) is 20.0. The first kappa shape index (κ1) is 25.8. The molecule has 0 aromatic heterocycles. The molecule has 3 aromatic rings. The molecule has 0 aliphatic carbocycles. The minimum absolute atomic E-state index is 0.0835. The van der Waals surface area contributed by atoms with Gasteiger partial charge in [-0.2, -0.15) is 0 Å². The summed E-state index contributed by atoms with van der Waals surface area (Å²) in [6.07, 6.45) is -0.811. The van der Waals surface area contributed by atoms with E-state index in [2.05, 4.69) is 10.1 Å². The van der Waals surface area contributed by atoms with Crippen LogP contribution >= 0.6 is 34.8 Å². The Bertz CT molecular complexity index is 1190. The van der Waals surface area contributed by atoms with Gasteiger partial charge in [0.2, 0.25) is 0 Å². The molecule has 3 aromatic carbocycles. The SMILES string of the molecule is COC(=O)[C@@H](CO)NC(=O)c1ccc(OC(c2ccc(Cl)cc2)c2ccc(Cl)cc2Cl)c(F)c1. The van der Waals surface area contributed by atoms with Crippen molar-refractivity contribution >= 4 is 46.7 Å². The van der Waals surface area contributed by atoms with Gasteiger partial charge in [-0.15, -0.1) is 0 Å². The average Bonchev–Trinajstić information content (AvgIpc) is 2.82. The zero-order chi connectivity index (χ0) is 24.8. The normalized spacial score (nSPS) is 12.5. The monoisotopic (exact) mass is 525 g/mol. The first-order chi connectivity index (χ1) is 16.2. The van der Waals surface area contributed by atoms with E-state index in [0.29, 0.717) is 26.2 Å². The molecule has 0 fully saturated rings. The highest BCUT2D eigenvalue weighted by Crippen LogP contribution is 2.35. The number of hydrogen-bond acceptors (Lipinski definition) is 5. The van der Waals surface area contributed by atoms with E-state index in [1.165, 1.54) is 12.1 Å². The van der Waals surface area contributed by atoms with Crippen LogP contribution in [0.15, 0.2) is 60.7 Å². The summed E-state index contributed by atoms with van der Waals surface area (Å²) >= 11 is 18.4. The fourth-order valence-corrected chi connectivity index (χ4v) is 3.72. The summed E-state index contributed by atoms with van der Waals surface area (Å²) in [6, 6.07) is 13.9. The van der Waals surface area contributed by atoms with Crippen molar-refractivity contribution in [3.63, 3.8) is 0 Å². The van der Waals surface area contributed by atoms with E-state index in [1.54, 1.807) is 42.5 Å². The van der Waals surface area contributed by atoms with Gasteiger partial charge in [0.05, 0.1) is 13.7 Å². The fraction of sp³-hybridized carbons (Fsp3) is 0.167. The fourth-order valence-electron chi connectivity index (χ4n) is 3.09. The summed E-state index contributed by atoms with van der Waals surface area (Å²) in [7, 11) is 1.12. The number of ether oxygens (including phenoxy) is 2. The lowest BCUT2D eigenvalue weighted by Gasteiger charge is -2.22. The summed E-state index contributed by atoms with van der Waals surface area (Å²) in [5, 5.41) is 12.8. The molecular weight excluding hydrogens is 508 g/mol. The largest absolute Gasteiger partial charge is 0.478 e. The smallest absolute Gasteiger partial charge is 0.330 e. The van der Waals surface area contributed by atoms with E-state index in [-0.39, 0.29) is 11.3 Å². The van der Waals surface area contributed by atoms with Gasteiger partial charge in [-0.3, -0.25) is 4.79 Å². The molecule has 178 valence electrons. The van der Waals surface area contributed by atoms with Gasteiger partial charge in [-0.05, 0) is 48.0 Å². The molecule has 1 amide bonds. The first-order valence-corrected chi connectivity index (χ1v) is 11.0. The van der Waals surface area contributed by atoms with Crippen LogP contribution in [0.1, 0.15) is 27.6 Å². The number of rotatable bonds is 8. The van der Waals surface area contributed by atoms with Gasteiger partial charge in [0.25, 0.3) is 5.91 Å². The van der Waals surface area contributed by atoms with E-state index in [1.807, 2.05) is 0 Å². The van der Waals surface area contributed by atoms with Crippen LogP contribution in [0.2, 0.25) is 15.1 Å². The number of aliphatic hydroxyl groups excluding tert-OH is 1. The highest BCUT2D eigenvalue weighted by atomic mass is 35.5. The maximum absolute atomic E-state index is 15.0. The van der Waals surface area contributed by atoms with Crippen LogP contribution in [0.4, 0.5) is 4.39 Å². The second-order valence-electron chi connectivity index (χ2n) is 7.09. The van der Waals surface area contributed by atoms with Gasteiger partial charge in [0, 0.05) is 26.2 Å². The number of aliphatic hydroxyl groups is 1. The minimum atomic E-state index is -1.28. The molecule has 3 rings (SSSR count). The second kappa shape index (κ2) is 11.5. The van der Waals surface area contributed by atoms with Crippen molar-refractivity contribution < 1.29 is 28.6 Å². The molecule has 0 bridgehead atoms. The number of amides is 1. The van der Waals surface area contributed by atoms with Gasteiger partial charge >= 0.3 is 5.97 Å². The molecule has 0 heterocycles. The predicted octanol–water partition coefficient (Wildman–Crippen LogP) is 5.22. The number of halogens is 4. The summed E-state index contributed by atoms with van der Waals surface area (Å²) < 4.78 is 25.4. The Hall–Kier alpha value is -2.84. The maximum atomic E-state index is 15.0. The molecule has 10 heteroatoms. The van der Waals surface area contributed by atoms with Gasteiger partial charge < -0.3 is 19.9 Å². The van der Waals surface area contributed by atoms with E-state index in [9.17, 15) is 19.1 Å². The quantitative estimate of drug-likeness (QED) is 0.393. The lowest BCUT2D eigenvalue weighted by Crippen LogP contribution is -2.44. The van der Waals surface area contributed by atoms with Gasteiger partial charge in [0.1, 0.15) is 0 Å². The molecule has 1 unspecified atom stereocenters. The van der Waals surface area contributed by atoms with Crippen LogP contribution in [0, 0.1) is 5.82 Å². The van der Waals surface area contributed by atoms with E-state index < -0.39 is 36.4 Å². The second-order valence-corrected chi connectivity index (χ2v) is 8.37. The van der Waals surface area contributed by atoms with E-state index in [4.69, 9.17) is 39.5 Å². The number of methoxy groups -OCH3 is 1. The molecule has 34 heavy (non-hydrogen) atoms. The molecule has 0 saturated heterocycles. The Morgan fingerprint density at radius 1 is 1.00 bits per heavy atom. The Morgan fingerprint density at radius 3 is 2.26 bits per heavy atom.